The molecule has 0 aliphatic heterocycles. The topological polar surface area (TPSA) is 29.9 Å². The number of thioether (sulfide) groups is 1. The van der Waals surface area contributed by atoms with Crippen molar-refractivity contribution in [3.8, 4) is 0 Å². The molecule has 0 fully saturated rings. The molecular formula is C12H23N3S. The average Bonchev–Trinajstić information content (AvgIpc) is 2.74. The van der Waals surface area contributed by atoms with Crippen LogP contribution in [-0.4, -0.2) is 27.1 Å². The zero-order valence-corrected chi connectivity index (χ0v) is 11.4. The summed E-state index contributed by atoms with van der Waals surface area (Å²) in [6.45, 7) is 8.53. The second kappa shape index (κ2) is 7.74. The molecule has 1 atom stereocenters. The summed E-state index contributed by atoms with van der Waals surface area (Å²) in [6.07, 6.45) is 5.08. The average molecular weight is 241 g/mol. The molecule has 3 nitrogen and oxygen atoms in total. The van der Waals surface area contributed by atoms with E-state index in [1.54, 1.807) is 0 Å². The van der Waals surface area contributed by atoms with Crippen LogP contribution in [0, 0.1) is 0 Å². The van der Waals surface area contributed by atoms with Gasteiger partial charge in [0.05, 0.1) is 12.0 Å². The van der Waals surface area contributed by atoms with Crippen LogP contribution in [0.3, 0.4) is 0 Å². The molecule has 1 heterocycles. The quantitative estimate of drug-likeness (QED) is 0.709. The summed E-state index contributed by atoms with van der Waals surface area (Å²) >= 11 is 2.01. The van der Waals surface area contributed by atoms with E-state index >= 15 is 0 Å². The van der Waals surface area contributed by atoms with Crippen LogP contribution in [-0.2, 0) is 13.1 Å². The Morgan fingerprint density at radius 2 is 2.31 bits per heavy atom. The summed E-state index contributed by atoms with van der Waals surface area (Å²) in [7, 11) is 0. The number of nitrogens with zero attached hydrogens (tertiary/aromatic N) is 2. The third kappa shape index (κ3) is 4.58. The Morgan fingerprint density at radius 1 is 1.50 bits per heavy atom. The number of imidazole rings is 1. The summed E-state index contributed by atoms with van der Waals surface area (Å²) in [5.41, 5.74) is 1.28. The molecular weight excluding hydrogens is 218 g/mol. The highest BCUT2D eigenvalue weighted by Crippen LogP contribution is 2.05. The van der Waals surface area contributed by atoms with Crippen molar-refractivity contribution in [1.82, 2.24) is 14.9 Å². The first-order chi connectivity index (χ1) is 7.77. The lowest BCUT2D eigenvalue weighted by Gasteiger charge is -2.14. The Balaban J connectivity index is 2.23. The molecule has 0 saturated heterocycles. The van der Waals surface area contributed by atoms with E-state index in [-0.39, 0.29) is 0 Å². The van der Waals surface area contributed by atoms with Gasteiger partial charge in [-0.25, -0.2) is 4.98 Å². The number of aromatic nitrogens is 2. The van der Waals surface area contributed by atoms with E-state index in [0.29, 0.717) is 6.04 Å². The molecule has 1 aromatic rings. The summed E-state index contributed by atoms with van der Waals surface area (Å²) < 4.78 is 2.18. The zero-order chi connectivity index (χ0) is 11.8. The van der Waals surface area contributed by atoms with E-state index in [4.69, 9.17) is 0 Å². The molecule has 4 heteroatoms. The fraction of sp³-hybridized carbons (Fsp3) is 0.750. The third-order valence-electron chi connectivity index (χ3n) is 2.67. The Morgan fingerprint density at radius 3 is 3.00 bits per heavy atom. The largest absolute Gasteiger partial charge is 0.334 e. The number of hydrogen-bond donors (Lipinski definition) is 1. The first-order valence-corrected chi connectivity index (χ1v) is 7.23. The van der Waals surface area contributed by atoms with Gasteiger partial charge in [0, 0.05) is 25.3 Å². The molecule has 0 spiro atoms. The van der Waals surface area contributed by atoms with Gasteiger partial charge < -0.3 is 9.88 Å². The molecule has 0 aliphatic rings. The minimum atomic E-state index is 0.583. The predicted molar refractivity (Wildman–Crippen MR) is 71.8 cm³/mol. The molecule has 0 amide bonds. The van der Waals surface area contributed by atoms with Crippen molar-refractivity contribution >= 4 is 11.8 Å². The van der Waals surface area contributed by atoms with Gasteiger partial charge in [0.15, 0.2) is 0 Å². The highest BCUT2D eigenvalue weighted by Gasteiger charge is 2.04. The van der Waals surface area contributed by atoms with Crippen LogP contribution in [0.2, 0.25) is 0 Å². The van der Waals surface area contributed by atoms with Crippen LogP contribution in [0.25, 0.3) is 0 Å². The normalized spacial score (nSPS) is 12.9. The maximum Gasteiger partial charge on any atom is 0.0948 e. The molecule has 92 valence electrons. The van der Waals surface area contributed by atoms with E-state index < -0.39 is 0 Å². The second-order valence-electron chi connectivity index (χ2n) is 3.94. The highest BCUT2D eigenvalue weighted by atomic mass is 32.2. The lowest BCUT2D eigenvalue weighted by molar-refractivity contribution is 0.520. The lowest BCUT2D eigenvalue weighted by atomic mass is 10.2. The minimum absolute atomic E-state index is 0.583. The van der Waals surface area contributed by atoms with E-state index in [2.05, 4.69) is 35.6 Å². The smallest absolute Gasteiger partial charge is 0.0948 e. The van der Waals surface area contributed by atoms with Crippen LogP contribution in [0.4, 0.5) is 0 Å². The first-order valence-electron chi connectivity index (χ1n) is 6.08. The Kier molecular flexibility index (Phi) is 6.57. The molecule has 1 aromatic heterocycles. The van der Waals surface area contributed by atoms with Crippen LogP contribution in [0.15, 0.2) is 12.5 Å². The van der Waals surface area contributed by atoms with E-state index in [9.17, 15) is 0 Å². The van der Waals surface area contributed by atoms with Crippen LogP contribution < -0.4 is 5.32 Å². The summed E-state index contributed by atoms with van der Waals surface area (Å²) in [6, 6.07) is 0.583. The Hall–Kier alpha value is -0.480. The Bertz CT molecular complexity index is 286. The standard InChI is InChI=1S/C12H23N3S/c1-4-15-10-13-8-12(15)9-14-11(3)6-7-16-5-2/h8,10-11,14H,4-7,9H2,1-3H3. The van der Waals surface area contributed by atoms with Gasteiger partial charge in [-0.1, -0.05) is 6.92 Å². The molecule has 0 bridgehead atoms. The van der Waals surface area contributed by atoms with E-state index in [1.807, 2.05) is 24.3 Å². The van der Waals surface area contributed by atoms with Crippen molar-refractivity contribution in [1.29, 1.82) is 0 Å². The molecule has 16 heavy (non-hydrogen) atoms. The lowest BCUT2D eigenvalue weighted by Crippen LogP contribution is -2.27. The SMILES string of the molecule is CCSCCC(C)NCc1cncn1CC. The Labute approximate surface area is 103 Å². The maximum atomic E-state index is 4.17. The predicted octanol–water partition coefficient (Wildman–Crippen LogP) is 2.52. The van der Waals surface area contributed by atoms with Crippen LogP contribution >= 0.6 is 11.8 Å². The fourth-order valence-corrected chi connectivity index (χ4v) is 2.37. The monoisotopic (exact) mass is 241 g/mol. The summed E-state index contributed by atoms with van der Waals surface area (Å²) in [4.78, 5) is 4.17. The van der Waals surface area contributed by atoms with Gasteiger partial charge in [0.1, 0.15) is 0 Å². The van der Waals surface area contributed by atoms with Gasteiger partial charge in [-0.15, -0.1) is 0 Å². The molecule has 1 N–H and O–H groups in total. The molecule has 0 aromatic carbocycles. The van der Waals surface area contributed by atoms with E-state index in [1.165, 1.54) is 23.6 Å². The molecule has 0 aliphatic carbocycles. The third-order valence-corrected chi connectivity index (χ3v) is 3.60. The van der Waals surface area contributed by atoms with Crippen molar-refractivity contribution in [3.05, 3.63) is 18.2 Å². The van der Waals surface area contributed by atoms with Gasteiger partial charge in [-0.3, -0.25) is 0 Å². The van der Waals surface area contributed by atoms with Crippen molar-refractivity contribution in [2.45, 2.75) is 46.3 Å². The van der Waals surface area contributed by atoms with Crippen LogP contribution in [0.1, 0.15) is 32.9 Å². The summed E-state index contributed by atoms with van der Waals surface area (Å²) in [5, 5.41) is 3.54. The van der Waals surface area contributed by atoms with Gasteiger partial charge >= 0.3 is 0 Å². The van der Waals surface area contributed by atoms with Crippen molar-refractivity contribution in [2.75, 3.05) is 11.5 Å². The van der Waals surface area contributed by atoms with Crippen molar-refractivity contribution < 1.29 is 0 Å². The first kappa shape index (κ1) is 13.6. The second-order valence-corrected chi connectivity index (χ2v) is 5.33. The minimum Gasteiger partial charge on any atom is -0.334 e. The fourth-order valence-electron chi connectivity index (χ4n) is 1.57. The van der Waals surface area contributed by atoms with Gasteiger partial charge in [-0.05, 0) is 31.8 Å². The van der Waals surface area contributed by atoms with Gasteiger partial charge in [-0.2, -0.15) is 11.8 Å². The number of aryl methyl sites for hydroxylation is 1. The maximum absolute atomic E-state index is 4.17. The molecule has 1 rings (SSSR count). The van der Waals surface area contributed by atoms with Crippen LogP contribution in [0.5, 0.6) is 0 Å². The van der Waals surface area contributed by atoms with Crippen molar-refractivity contribution in [2.24, 2.45) is 0 Å². The number of rotatable bonds is 8. The molecule has 0 radical (unpaired) electrons. The van der Waals surface area contributed by atoms with Gasteiger partial charge in [0.2, 0.25) is 0 Å². The number of nitrogens with one attached hydrogen (secondary N) is 1. The molecule has 0 saturated carbocycles. The van der Waals surface area contributed by atoms with Crippen molar-refractivity contribution in [3.63, 3.8) is 0 Å². The zero-order valence-electron chi connectivity index (χ0n) is 10.6. The number of hydrogen-bond acceptors (Lipinski definition) is 3. The summed E-state index contributed by atoms with van der Waals surface area (Å²) in [5.74, 6) is 2.47. The molecule has 1 unspecified atom stereocenters. The highest BCUT2D eigenvalue weighted by molar-refractivity contribution is 7.99. The van der Waals surface area contributed by atoms with Gasteiger partial charge in [0.25, 0.3) is 0 Å². The van der Waals surface area contributed by atoms with E-state index in [0.717, 1.165) is 13.1 Å².